The number of amides is 2. The molecule has 1 heterocycles. The van der Waals surface area contributed by atoms with E-state index in [1.165, 1.54) is 21.1 Å². The first-order chi connectivity index (χ1) is 13.4. The number of hydrogen-bond acceptors (Lipinski definition) is 5. The molecular weight excluding hydrogens is 360 g/mol. The maximum Gasteiger partial charge on any atom is 0.341 e. The quantitative estimate of drug-likeness (QED) is 0.803. The van der Waals surface area contributed by atoms with Gasteiger partial charge in [-0.25, -0.2) is 4.79 Å². The van der Waals surface area contributed by atoms with Gasteiger partial charge in [-0.05, 0) is 47.9 Å². The van der Waals surface area contributed by atoms with Crippen LogP contribution in [0.15, 0.2) is 36.4 Å². The average molecular weight is 382 g/mol. The van der Waals surface area contributed by atoms with Gasteiger partial charge in [0.2, 0.25) is 5.91 Å². The highest BCUT2D eigenvalue weighted by Gasteiger charge is 2.23. The van der Waals surface area contributed by atoms with Crippen molar-refractivity contribution in [1.29, 1.82) is 0 Å². The van der Waals surface area contributed by atoms with Crippen molar-refractivity contribution >= 4 is 23.5 Å². The van der Waals surface area contributed by atoms with Gasteiger partial charge in [-0.1, -0.05) is 6.07 Å². The summed E-state index contributed by atoms with van der Waals surface area (Å²) >= 11 is 0. The monoisotopic (exact) mass is 382 g/mol. The van der Waals surface area contributed by atoms with Gasteiger partial charge in [-0.3, -0.25) is 9.59 Å². The van der Waals surface area contributed by atoms with Gasteiger partial charge in [0, 0.05) is 31.3 Å². The number of carbonyl (C=O) groups excluding carboxylic acids is 3. The van der Waals surface area contributed by atoms with Crippen LogP contribution < -0.4 is 15.0 Å². The van der Waals surface area contributed by atoms with Gasteiger partial charge >= 0.3 is 5.97 Å². The first-order valence-corrected chi connectivity index (χ1v) is 8.89. The molecule has 3 rings (SSSR count). The fourth-order valence-corrected chi connectivity index (χ4v) is 3.29. The number of esters is 1. The second-order valence-electron chi connectivity index (χ2n) is 6.47. The Kier molecular flexibility index (Phi) is 5.63. The Balaban J connectivity index is 1.71. The zero-order chi connectivity index (χ0) is 20.3. The number of ether oxygens (including phenoxy) is 2. The molecule has 0 fully saturated rings. The molecule has 7 nitrogen and oxygen atoms in total. The van der Waals surface area contributed by atoms with Crippen LogP contribution >= 0.6 is 0 Å². The van der Waals surface area contributed by atoms with Crippen LogP contribution in [0.5, 0.6) is 5.75 Å². The fraction of sp³-hybridized carbons (Fsp3) is 0.286. The molecule has 1 aliphatic rings. The fourth-order valence-electron chi connectivity index (χ4n) is 3.29. The molecule has 0 atom stereocenters. The van der Waals surface area contributed by atoms with E-state index in [0.717, 1.165) is 23.2 Å². The Morgan fingerprint density at radius 1 is 1.11 bits per heavy atom. The summed E-state index contributed by atoms with van der Waals surface area (Å²) < 4.78 is 9.93. The van der Waals surface area contributed by atoms with Crippen LogP contribution in [0.1, 0.15) is 38.8 Å². The van der Waals surface area contributed by atoms with Gasteiger partial charge in [0.1, 0.15) is 11.3 Å². The van der Waals surface area contributed by atoms with Gasteiger partial charge < -0.3 is 19.7 Å². The third-order valence-corrected chi connectivity index (χ3v) is 4.74. The molecular formula is C21H22N2O5. The molecule has 0 radical (unpaired) electrons. The van der Waals surface area contributed by atoms with Crippen LogP contribution in [0.25, 0.3) is 0 Å². The number of carbonyl (C=O) groups is 3. The summed E-state index contributed by atoms with van der Waals surface area (Å²) in [6.45, 7) is 2.43. The van der Waals surface area contributed by atoms with Crippen molar-refractivity contribution in [3.63, 3.8) is 0 Å². The summed E-state index contributed by atoms with van der Waals surface area (Å²) in [6, 6.07) is 10.4. The molecule has 28 heavy (non-hydrogen) atoms. The Morgan fingerprint density at radius 2 is 1.89 bits per heavy atom. The standard InChI is InChI=1S/C21H22N2O5/c1-13(24)23-9-8-15-11-16(5-6-18(15)23)20(25)22-12-14-4-7-19(27-2)17(10-14)21(26)28-3/h4-7,10-11H,8-9,12H2,1-3H3,(H,22,25). The van der Waals surface area contributed by atoms with Crippen molar-refractivity contribution in [1.82, 2.24) is 5.32 Å². The molecule has 2 amide bonds. The molecule has 0 bridgehead atoms. The molecule has 0 aliphatic carbocycles. The van der Waals surface area contributed by atoms with E-state index in [2.05, 4.69) is 5.32 Å². The Hall–Kier alpha value is -3.35. The van der Waals surface area contributed by atoms with E-state index in [9.17, 15) is 14.4 Å². The van der Waals surface area contributed by atoms with Crippen LogP contribution in [0, 0.1) is 0 Å². The van der Waals surface area contributed by atoms with Crippen LogP contribution in [-0.2, 0) is 22.5 Å². The summed E-state index contributed by atoms with van der Waals surface area (Å²) in [5, 5.41) is 2.85. The predicted molar refractivity (Wildman–Crippen MR) is 104 cm³/mol. The molecule has 1 N–H and O–H groups in total. The minimum absolute atomic E-state index is 0.00290. The zero-order valence-corrected chi connectivity index (χ0v) is 16.1. The minimum Gasteiger partial charge on any atom is -0.496 e. The van der Waals surface area contributed by atoms with Crippen LogP contribution in [-0.4, -0.2) is 38.5 Å². The van der Waals surface area contributed by atoms with Gasteiger partial charge in [-0.15, -0.1) is 0 Å². The summed E-state index contributed by atoms with van der Waals surface area (Å²) in [6.07, 6.45) is 0.733. The molecule has 7 heteroatoms. The van der Waals surface area contributed by atoms with E-state index in [1.807, 2.05) is 6.07 Å². The topological polar surface area (TPSA) is 84.9 Å². The highest BCUT2D eigenvalue weighted by molar-refractivity contribution is 5.98. The molecule has 2 aromatic carbocycles. The number of rotatable bonds is 5. The molecule has 0 unspecified atom stereocenters. The largest absolute Gasteiger partial charge is 0.496 e. The van der Waals surface area contributed by atoms with E-state index < -0.39 is 5.97 Å². The van der Waals surface area contributed by atoms with E-state index in [0.29, 0.717) is 23.4 Å². The normalized spacial score (nSPS) is 12.3. The van der Waals surface area contributed by atoms with Crippen molar-refractivity contribution < 1.29 is 23.9 Å². The molecule has 2 aromatic rings. The molecule has 0 aromatic heterocycles. The van der Waals surface area contributed by atoms with Gasteiger partial charge in [0.15, 0.2) is 0 Å². The lowest BCUT2D eigenvalue weighted by Gasteiger charge is -2.15. The van der Waals surface area contributed by atoms with Gasteiger partial charge in [-0.2, -0.15) is 0 Å². The summed E-state index contributed by atoms with van der Waals surface area (Å²) in [7, 11) is 2.78. The van der Waals surface area contributed by atoms with Crippen molar-refractivity contribution in [2.75, 3.05) is 25.7 Å². The molecule has 146 valence electrons. The van der Waals surface area contributed by atoms with Crippen molar-refractivity contribution in [3.8, 4) is 5.75 Å². The number of hydrogen-bond donors (Lipinski definition) is 1. The smallest absolute Gasteiger partial charge is 0.341 e. The number of fused-ring (bicyclic) bond motifs is 1. The van der Waals surface area contributed by atoms with Crippen LogP contribution in [0.2, 0.25) is 0 Å². The summed E-state index contributed by atoms with van der Waals surface area (Å²) in [5.74, 6) is -0.314. The first kappa shape index (κ1) is 19.4. The molecule has 1 aliphatic heterocycles. The van der Waals surface area contributed by atoms with Crippen molar-refractivity contribution in [2.24, 2.45) is 0 Å². The number of methoxy groups -OCH3 is 2. The van der Waals surface area contributed by atoms with E-state index >= 15 is 0 Å². The average Bonchev–Trinajstić information content (AvgIpc) is 3.14. The third kappa shape index (κ3) is 3.83. The Morgan fingerprint density at radius 3 is 2.57 bits per heavy atom. The lowest BCUT2D eigenvalue weighted by atomic mass is 10.1. The van der Waals surface area contributed by atoms with Crippen molar-refractivity contribution in [3.05, 3.63) is 58.7 Å². The molecule has 0 saturated carbocycles. The van der Waals surface area contributed by atoms with Crippen LogP contribution in [0.3, 0.4) is 0 Å². The Labute approximate surface area is 163 Å². The van der Waals surface area contributed by atoms with Crippen LogP contribution in [0.4, 0.5) is 5.69 Å². The van der Waals surface area contributed by atoms with E-state index in [1.54, 1.807) is 35.2 Å². The Bertz CT molecular complexity index is 938. The molecule has 0 spiro atoms. The maximum atomic E-state index is 12.5. The maximum absolute atomic E-state index is 12.5. The van der Waals surface area contributed by atoms with Crippen molar-refractivity contribution in [2.45, 2.75) is 19.9 Å². The van der Waals surface area contributed by atoms with E-state index in [-0.39, 0.29) is 18.4 Å². The molecule has 0 saturated heterocycles. The number of nitrogens with one attached hydrogen (secondary N) is 1. The third-order valence-electron chi connectivity index (χ3n) is 4.74. The number of benzene rings is 2. The minimum atomic E-state index is -0.501. The second kappa shape index (κ2) is 8.12. The highest BCUT2D eigenvalue weighted by Crippen LogP contribution is 2.29. The summed E-state index contributed by atoms with van der Waals surface area (Å²) in [4.78, 5) is 37.7. The summed E-state index contributed by atoms with van der Waals surface area (Å²) in [5.41, 5.74) is 3.44. The first-order valence-electron chi connectivity index (χ1n) is 8.89. The number of anilines is 1. The lowest BCUT2D eigenvalue weighted by molar-refractivity contribution is -0.116. The predicted octanol–water partition coefficient (Wildman–Crippen LogP) is 2.32. The SMILES string of the molecule is COC(=O)c1cc(CNC(=O)c2ccc3c(c2)CCN3C(C)=O)ccc1OC. The number of nitrogens with zero attached hydrogens (tertiary/aromatic N) is 1. The van der Waals surface area contributed by atoms with E-state index in [4.69, 9.17) is 9.47 Å². The highest BCUT2D eigenvalue weighted by atomic mass is 16.5. The zero-order valence-electron chi connectivity index (χ0n) is 16.1. The lowest BCUT2D eigenvalue weighted by Crippen LogP contribution is -2.26. The second-order valence-corrected chi connectivity index (χ2v) is 6.47. The van der Waals surface area contributed by atoms with Gasteiger partial charge in [0.05, 0.1) is 14.2 Å². The van der Waals surface area contributed by atoms with Gasteiger partial charge in [0.25, 0.3) is 5.91 Å².